The van der Waals surface area contributed by atoms with E-state index in [9.17, 15) is 5.11 Å². The number of ether oxygens (including phenoxy) is 1. The highest BCUT2D eigenvalue weighted by molar-refractivity contribution is 6.30. The third-order valence-electron chi connectivity index (χ3n) is 3.84. The summed E-state index contributed by atoms with van der Waals surface area (Å²) in [6, 6.07) is 5.70. The van der Waals surface area contributed by atoms with Crippen LogP contribution >= 0.6 is 11.6 Å². The van der Waals surface area contributed by atoms with Crippen molar-refractivity contribution in [3.8, 4) is 5.75 Å². The van der Waals surface area contributed by atoms with Gasteiger partial charge >= 0.3 is 0 Å². The zero-order valence-electron chi connectivity index (χ0n) is 10.9. The minimum Gasteiger partial charge on any atom is -0.496 e. The first-order valence-electron chi connectivity index (χ1n) is 6.71. The topological polar surface area (TPSA) is 29.5 Å². The van der Waals surface area contributed by atoms with Crippen LogP contribution in [0.15, 0.2) is 18.2 Å². The molecule has 0 bridgehead atoms. The van der Waals surface area contributed by atoms with Crippen molar-refractivity contribution in [3.63, 3.8) is 0 Å². The summed E-state index contributed by atoms with van der Waals surface area (Å²) in [7, 11) is 1.68. The highest BCUT2D eigenvalue weighted by Gasteiger charge is 2.23. The van der Waals surface area contributed by atoms with E-state index < -0.39 is 0 Å². The van der Waals surface area contributed by atoms with Crippen molar-refractivity contribution in [2.45, 2.75) is 44.6 Å². The van der Waals surface area contributed by atoms with Gasteiger partial charge in [0.15, 0.2) is 0 Å². The molecule has 0 spiro atoms. The molecule has 1 fully saturated rings. The number of hydrogen-bond acceptors (Lipinski definition) is 2. The molecule has 1 aromatic rings. The van der Waals surface area contributed by atoms with E-state index in [0.29, 0.717) is 5.92 Å². The molecule has 0 amide bonds. The van der Waals surface area contributed by atoms with Crippen molar-refractivity contribution in [3.05, 3.63) is 28.8 Å². The Hall–Kier alpha value is -0.730. The lowest BCUT2D eigenvalue weighted by atomic mass is 9.90. The van der Waals surface area contributed by atoms with Crippen LogP contribution in [0.4, 0.5) is 0 Å². The number of aliphatic hydroxyl groups is 1. The molecule has 3 heteroatoms. The molecule has 0 radical (unpaired) electrons. The first kappa shape index (κ1) is 13.7. The van der Waals surface area contributed by atoms with E-state index in [1.54, 1.807) is 7.11 Å². The Morgan fingerprint density at radius 3 is 2.83 bits per heavy atom. The van der Waals surface area contributed by atoms with E-state index >= 15 is 0 Å². The molecule has 1 saturated carbocycles. The predicted octanol–water partition coefficient (Wildman–Crippen LogP) is 3.83. The zero-order valence-corrected chi connectivity index (χ0v) is 11.6. The summed E-state index contributed by atoms with van der Waals surface area (Å²) < 4.78 is 5.37. The average molecular weight is 269 g/mol. The molecule has 1 N–H and O–H groups in total. The molecule has 18 heavy (non-hydrogen) atoms. The summed E-state index contributed by atoms with van der Waals surface area (Å²) in [5.41, 5.74) is 1.11. The molecule has 2 unspecified atom stereocenters. The summed E-state index contributed by atoms with van der Waals surface area (Å²) in [6.07, 6.45) is 6.28. The molecule has 1 aromatic carbocycles. The van der Waals surface area contributed by atoms with Crippen molar-refractivity contribution in [1.29, 1.82) is 0 Å². The quantitative estimate of drug-likeness (QED) is 0.844. The minimum atomic E-state index is -0.184. The van der Waals surface area contributed by atoms with Crippen molar-refractivity contribution in [2.75, 3.05) is 7.11 Å². The number of halogens is 1. The maximum atomic E-state index is 10.2. The van der Waals surface area contributed by atoms with Gasteiger partial charge in [0.1, 0.15) is 5.75 Å². The van der Waals surface area contributed by atoms with Gasteiger partial charge in [0, 0.05) is 5.02 Å². The molecule has 1 aliphatic rings. The van der Waals surface area contributed by atoms with Crippen molar-refractivity contribution < 1.29 is 9.84 Å². The summed E-state index contributed by atoms with van der Waals surface area (Å²) in [6.45, 7) is 0. The molecule has 0 heterocycles. The lowest BCUT2D eigenvalue weighted by Crippen LogP contribution is -2.21. The SMILES string of the molecule is COc1ccc(Cl)cc1CC1CCCCCC1O. The summed E-state index contributed by atoms with van der Waals surface area (Å²) in [5, 5.41) is 10.9. The largest absolute Gasteiger partial charge is 0.496 e. The van der Waals surface area contributed by atoms with Gasteiger partial charge in [-0.15, -0.1) is 0 Å². The number of benzene rings is 1. The zero-order chi connectivity index (χ0) is 13.0. The second-order valence-electron chi connectivity index (χ2n) is 5.13. The molecular weight excluding hydrogens is 248 g/mol. The number of aliphatic hydroxyl groups excluding tert-OH is 1. The molecule has 100 valence electrons. The third kappa shape index (κ3) is 3.39. The van der Waals surface area contributed by atoms with Gasteiger partial charge in [0.25, 0.3) is 0 Å². The second-order valence-corrected chi connectivity index (χ2v) is 5.56. The molecule has 1 aliphatic carbocycles. The second kappa shape index (κ2) is 6.44. The summed E-state index contributed by atoms with van der Waals surface area (Å²) in [5.74, 6) is 1.20. The van der Waals surface area contributed by atoms with Gasteiger partial charge in [-0.3, -0.25) is 0 Å². The van der Waals surface area contributed by atoms with Crippen molar-refractivity contribution in [2.24, 2.45) is 5.92 Å². The van der Waals surface area contributed by atoms with Crippen LogP contribution in [-0.2, 0) is 6.42 Å². The van der Waals surface area contributed by atoms with Crippen LogP contribution in [0.3, 0.4) is 0 Å². The van der Waals surface area contributed by atoms with E-state index in [1.807, 2.05) is 18.2 Å². The molecular formula is C15H21ClO2. The van der Waals surface area contributed by atoms with E-state index in [-0.39, 0.29) is 6.10 Å². The van der Waals surface area contributed by atoms with Crippen LogP contribution in [0.1, 0.15) is 37.7 Å². The Bertz CT molecular complexity index is 392. The van der Waals surface area contributed by atoms with Crippen LogP contribution in [0.5, 0.6) is 5.75 Å². The first-order chi connectivity index (χ1) is 8.70. The van der Waals surface area contributed by atoms with E-state index in [2.05, 4.69) is 0 Å². The number of methoxy groups -OCH3 is 1. The molecule has 0 aromatic heterocycles. The lowest BCUT2D eigenvalue weighted by molar-refractivity contribution is 0.100. The van der Waals surface area contributed by atoms with Crippen LogP contribution in [0.2, 0.25) is 5.02 Å². The Morgan fingerprint density at radius 1 is 1.28 bits per heavy atom. The first-order valence-corrected chi connectivity index (χ1v) is 7.09. The van der Waals surface area contributed by atoms with Gasteiger partial charge < -0.3 is 9.84 Å². The summed E-state index contributed by atoms with van der Waals surface area (Å²) >= 11 is 6.04. The van der Waals surface area contributed by atoms with Gasteiger partial charge in [-0.25, -0.2) is 0 Å². The fraction of sp³-hybridized carbons (Fsp3) is 0.600. The fourth-order valence-electron chi connectivity index (χ4n) is 2.79. The molecule has 2 nitrogen and oxygen atoms in total. The van der Waals surface area contributed by atoms with E-state index in [1.165, 1.54) is 12.8 Å². The van der Waals surface area contributed by atoms with Crippen LogP contribution < -0.4 is 4.74 Å². The van der Waals surface area contributed by atoms with E-state index in [0.717, 1.165) is 42.0 Å². The van der Waals surface area contributed by atoms with Gasteiger partial charge in [-0.05, 0) is 48.9 Å². The Kier molecular flexibility index (Phi) is 4.90. The number of rotatable bonds is 3. The van der Waals surface area contributed by atoms with Gasteiger partial charge in [0.05, 0.1) is 13.2 Å². The Balaban J connectivity index is 2.13. The van der Waals surface area contributed by atoms with Crippen molar-refractivity contribution >= 4 is 11.6 Å². The standard InChI is InChI=1S/C15H21ClO2/c1-18-15-8-7-13(16)10-12(15)9-11-5-3-2-4-6-14(11)17/h7-8,10-11,14,17H,2-6,9H2,1H3. The highest BCUT2D eigenvalue weighted by Crippen LogP contribution is 2.31. The number of hydrogen-bond donors (Lipinski definition) is 1. The Morgan fingerprint density at radius 2 is 2.06 bits per heavy atom. The molecule has 2 rings (SSSR count). The highest BCUT2D eigenvalue weighted by atomic mass is 35.5. The molecule has 0 saturated heterocycles. The smallest absolute Gasteiger partial charge is 0.122 e. The monoisotopic (exact) mass is 268 g/mol. The molecule has 2 atom stereocenters. The third-order valence-corrected chi connectivity index (χ3v) is 4.08. The fourth-order valence-corrected chi connectivity index (χ4v) is 2.99. The molecule has 0 aliphatic heterocycles. The van der Waals surface area contributed by atoms with E-state index in [4.69, 9.17) is 16.3 Å². The maximum absolute atomic E-state index is 10.2. The Labute approximate surface area is 114 Å². The van der Waals surface area contributed by atoms with Crippen LogP contribution in [-0.4, -0.2) is 18.3 Å². The summed E-state index contributed by atoms with van der Waals surface area (Å²) in [4.78, 5) is 0. The maximum Gasteiger partial charge on any atom is 0.122 e. The lowest BCUT2D eigenvalue weighted by Gasteiger charge is -2.21. The van der Waals surface area contributed by atoms with Gasteiger partial charge in [-0.2, -0.15) is 0 Å². The van der Waals surface area contributed by atoms with Crippen LogP contribution in [0, 0.1) is 5.92 Å². The van der Waals surface area contributed by atoms with Crippen LogP contribution in [0.25, 0.3) is 0 Å². The van der Waals surface area contributed by atoms with Gasteiger partial charge in [-0.1, -0.05) is 30.9 Å². The normalized spacial score (nSPS) is 24.6. The minimum absolute atomic E-state index is 0.184. The van der Waals surface area contributed by atoms with Gasteiger partial charge in [0.2, 0.25) is 0 Å². The van der Waals surface area contributed by atoms with Crippen molar-refractivity contribution in [1.82, 2.24) is 0 Å². The predicted molar refractivity (Wildman–Crippen MR) is 74.3 cm³/mol. The average Bonchev–Trinajstić information content (AvgIpc) is 2.55.